The first-order valence-corrected chi connectivity index (χ1v) is 5.99. The van der Waals surface area contributed by atoms with Gasteiger partial charge in [0.1, 0.15) is 17.3 Å². The maximum absolute atomic E-state index is 13.0. The van der Waals surface area contributed by atoms with Crippen LogP contribution in [-0.4, -0.2) is 34.1 Å². The van der Waals surface area contributed by atoms with Gasteiger partial charge < -0.3 is 16.2 Å². The topological polar surface area (TPSA) is 84.1 Å². The van der Waals surface area contributed by atoms with Crippen molar-refractivity contribution in [1.82, 2.24) is 9.97 Å². The van der Waals surface area contributed by atoms with Gasteiger partial charge in [0.05, 0.1) is 11.9 Å². The van der Waals surface area contributed by atoms with Gasteiger partial charge in [-0.05, 0) is 13.0 Å². The molecule has 4 N–H and O–H groups in total. The average molecular weight is 274 g/mol. The van der Waals surface area contributed by atoms with E-state index in [1.165, 1.54) is 11.3 Å². The molecule has 0 amide bonds. The summed E-state index contributed by atoms with van der Waals surface area (Å²) in [5, 5.41) is 11.7. The molecule has 98 valence electrons. The van der Waals surface area contributed by atoms with Crippen LogP contribution in [0.3, 0.4) is 0 Å². The van der Waals surface area contributed by atoms with Crippen LogP contribution in [0.25, 0.3) is 10.2 Å². The molecule has 2 aromatic heterocycles. The van der Waals surface area contributed by atoms with E-state index >= 15 is 0 Å². The fraction of sp³-hybridized carbons (Fsp3) is 0.400. The minimum atomic E-state index is -3.20. The first-order chi connectivity index (χ1) is 8.41. The van der Waals surface area contributed by atoms with E-state index in [9.17, 15) is 8.78 Å². The fourth-order valence-electron chi connectivity index (χ4n) is 1.46. The van der Waals surface area contributed by atoms with Crippen LogP contribution in [0.5, 0.6) is 0 Å². The molecule has 8 heteroatoms. The summed E-state index contributed by atoms with van der Waals surface area (Å²) in [6.07, 6.45) is 0. The van der Waals surface area contributed by atoms with Gasteiger partial charge in [0, 0.05) is 4.88 Å². The molecule has 0 aliphatic rings. The molecule has 0 atom stereocenters. The van der Waals surface area contributed by atoms with Crippen LogP contribution >= 0.6 is 11.3 Å². The lowest BCUT2D eigenvalue weighted by Crippen LogP contribution is -2.31. The lowest BCUT2D eigenvalue weighted by Gasteiger charge is -2.14. The second-order valence-corrected chi connectivity index (χ2v) is 5.11. The Morgan fingerprint density at radius 1 is 1.50 bits per heavy atom. The zero-order chi connectivity index (χ0) is 13.3. The number of aromatic nitrogens is 2. The zero-order valence-electron chi connectivity index (χ0n) is 9.57. The SMILES string of the molecule is Cc1cc2c(NCC(F)(F)CO)nc(N)nc2s1. The van der Waals surface area contributed by atoms with Crippen molar-refractivity contribution < 1.29 is 13.9 Å². The minimum Gasteiger partial charge on any atom is -0.390 e. The Balaban J connectivity index is 2.32. The molecule has 0 aromatic carbocycles. The first-order valence-electron chi connectivity index (χ1n) is 5.17. The Hall–Kier alpha value is -1.54. The standard InChI is InChI=1S/C10H12F2N4OS/c1-5-2-6-7(14-3-10(11,12)4-17)15-9(13)16-8(6)18-5/h2,17H,3-4H2,1H3,(H3,13,14,15,16). The highest BCUT2D eigenvalue weighted by atomic mass is 32.1. The van der Waals surface area contributed by atoms with E-state index in [2.05, 4.69) is 15.3 Å². The smallest absolute Gasteiger partial charge is 0.287 e. The van der Waals surface area contributed by atoms with Crippen LogP contribution in [-0.2, 0) is 0 Å². The van der Waals surface area contributed by atoms with E-state index in [1.54, 1.807) is 6.07 Å². The molecule has 0 spiro atoms. The van der Waals surface area contributed by atoms with Gasteiger partial charge in [-0.3, -0.25) is 0 Å². The van der Waals surface area contributed by atoms with E-state index in [0.717, 1.165) is 4.88 Å². The molecule has 0 saturated heterocycles. The van der Waals surface area contributed by atoms with Gasteiger partial charge >= 0.3 is 0 Å². The van der Waals surface area contributed by atoms with E-state index < -0.39 is 19.1 Å². The van der Waals surface area contributed by atoms with Crippen LogP contribution in [0.1, 0.15) is 4.88 Å². The lowest BCUT2D eigenvalue weighted by molar-refractivity contribution is -0.0373. The lowest BCUT2D eigenvalue weighted by atomic mass is 10.3. The molecule has 5 nitrogen and oxygen atoms in total. The summed E-state index contributed by atoms with van der Waals surface area (Å²) in [4.78, 5) is 9.57. The number of hydrogen-bond donors (Lipinski definition) is 3. The second-order valence-electron chi connectivity index (χ2n) is 3.87. The molecular formula is C10H12F2N4OS. The summed E-state index contributed by atoms with van der Waals surface area (Å²) < 4.78 is 25.9. The number of aryl methyl sites for hydroxylation is 1. The Labute approximate surface area is 106 Å². The minimum absolute atomic E-state index is 0.0270. The molecule has 18 heavy (non-hydrogen) atoms. The number of aliphatic hydroxyl groups is 1. The Morgan fingerprint density at radius 3 is 2.89 bits per heavy atom. The van der Waals surface area contributed by atoms with E-state index in [1.807, 2.05) is 6.92 Å². The molecule has 0 aliphatic heterocycles. The van der Waals surface area contributed by atoms with Gasteiger partial charge in [-0.25, -0.2) is 13.8 Å². The van der Waals surface area contributed by atoms with Crippen LogP contribution in [0.2, 0.25) is 0 Å². The van der Waals surface area contributed by atoms with Gasteiger partial charge in [-0.1, -0.05) is 0 Å². The number of anilines is 2. The van der Waals surface area contributed by atoms with Crippen molar-refractivity contribution in [2.45, 2.75) is 12.8 Å². The normalized spacial score (nSPS) is 12.0. The summed E-state index contributed by atoms with van der Waals surface area (Å²) in [6, 6.07) is 1.80. The largest absolute Gasteiger partial charge is 0.390 e. The molecular weight excluding hydrogens is 262 g/mol. The van der Waals surface area contributed by atoms with Gasteiger partial charge in [0.25, 0.3) is 5.92 Å². The number of halogens is 2. The predicted molar refractivity (Wildman–Crippen MR) is 67.1 cm³/mol. The molecule has 2 heterocycles. The third kappa shape index (κ3) is 2.65. The Bertz CT molecular complexity index is 572. The summed E-state index contributed by atoms with van der Waals surface area (Å²) in [5.74, 6) is -2.91. The van der Waals surface area contributed by atoms with Crippen molar-refractivity contribution in [2.24, 2.45) is 0 Å². The third-order valence-electron chi connectivity index (χ3n) is 2.28. The number of nitrogen functional groups attached to an aromatic ring is 1. The number of aliphatic hydroxyl groups excluding tert-OH is 1. The van der Waals surface area contributed by atoms with Gasteiger partial charge in [-0.15, -0.1) is 11.3 Å². The summed E-state index contributed by atoms with van der Waals surface area (Å²) in [5.41, 5.74) is 5.51. The third-order valence-corrected chi connectivity index (χ3v) is 3.22. The van der Waals surface area contributed by atoms with Crippen molar-refractivity contribution in [1.29, 1.82) is 0 Å². The summed E-state index contributed by atoms with van der Waals surface area (Å²) >= 11 is 1.41. The highest BCUT2D eigenvalue weighted by Gasteiger charge is 2.27. The van der Waals surface area contributed by atoms with Crippen LogP contribution in [0.4, 0.5) is 20.5 Å². The molecule has 2 aromatic rings. The number of fused-ring (bicyclic) bond motifs is 1. The first kappa shape index (κ1) is 12.9. The molecule has 0 aliphatic carbocycles. The Kier molecular flexibility index (Phi) is 3.31. The maximum atomic E-state index is 13.0. The highest BCUT2D eigenvalue weighted by molar-refractivity contribution is 7.18. The van der Waals surface area contributed by atoms with Crippen molar-refractivity contribution in [2.75, 3.05) is 24.2 Å². The molecule has 0 unspecified atom stereocenters. The maximum Gasteiger partial charge on any atom is 0.287 e. The van der Waals surface area contributed by atoms with Crippen molar-refractivity contribution in [3.63, 3.8) is 0 Å². The van der Waals surface area contributed by atoms with Gasteiger partial charge in [0.15, 0.2) is 0 Å². The molecule has 0 bridgehead atoms. The van der Waals surface area contributed by atoms with E-state index in [0.29, 0.717) is 10.2 Å². The van der Waals surface area contributed by atoms with Crippen LogP contribution in [0.15, 0.2) is 6.07 Å². The predicted octanol–water partition coefficient (Wildman–Crippen LogP) is 1.62. The zero-order valence-corrected chi connectivity index (χ0v) is 10.4. The van der Waals surface area contributed by atoms with E-state index in [-0.39, 0.29) is 11.8 Å². The van der Waals surface area contributed by atoms with Crippen molar-refractivity contribution in [3.8, 4) is 0 Å². The number of alkyl halides is 2. The number of hydrogen-bond acceptors (Lipinski definition) is 6. The van der Waals surface area contributed by atoms with Gasteiger partial charge in [-0.2, -0.15) is 4.98 Å². The van der Waals surface area contributed by atoms with Crippen LogP contribution < -0.4 is 11.1 Å². The molecule has 2 rings (SSSR count). The fourth-order valence-corrected chi connectivity index (χ4v) is 2.35. The number of nitrogens with one attached hydrogen (secondary N) is 1. The van der Waals surface area contributed by atoms with E-state index in [4.69, 9.17) is 10.8 Å². The molecule has 0 radical (unpaired) electrons. The summed E-state index contributed by atoms with van der Waals surface area (Å²) in [7, 11) is 0. The number of nitrogens with zero attached hydrogens (tertiary/aromatic N) is 2. The van der Waals surface area contributed by atoms with Crippen LogP contribution in [0, 0.1) is 6.92 Å². The number of thiophene rings is 1. The monoisotopic (exact) mass is 274 g/mol. The van der Waals surface area contributed by atoms with Crippen molar-refractivity contribution in [3.05, 3.63) is 10.9 Å². The molecule has 0 fully saturated rings. The second kappa shape index (κ2) is 4.62. The van der Waals surface area contributed by atoms with Gasteiger partial charge in [0.2, 0.25) is 5.95 Å². The quantitative estimate of drug-likeness (QED) is 0.789. The number of nitrogens with two attached hydrogens (primary N) is 1. The van der Waals surface area contributed by atoms with Crippen molar-refractivity contribution >= 4 is 33.3 Å². The Morgan fingerprint density at radius 2 is 2.22 bits per heavy atom. The average Bonchev–Trinajstić information content (AvgIpc) is 2.66. The molecule has 0 saturated carbocycles. The highest BCUT2D eigenvalue weighted by Crippen LogP contribution is 2.29. The number of rotatable bonds is 4. The summed E-state index contributed by atoms with van der Waals surface area (Å²) in [6.45, 7) is -0.0367.